The van der Waals surface area contributed by atoms with Crippen molar-refractivity contribution < 1.29 is 5.11 Å². The lowest BCUT2D eigenvalue weighted by molar-refractivity contribution is 0.166. The molecule has 2 heterocycles. The van der Waals surface area contributed by atoms with Crippen LogP contribution < -0.4 is 0 Å². The molecule has 3 nitrogen and oxygen atoms in total. The van der Waals surface area contributed by atoms with E-state index in [9.17, 15) is 5.11 Å². The zero-order valence-corrected chi connectivity index (χ0v) is 12.5. The molecule has 104 valence electrons. The number of thiazole rings is 1. The van der Waals surface area contributed by atoms with Crippen LogP contribution in [0.25, 0.3) is 0 Å². The molecule has 0 saturated carbocycles. The van der Waals surface area contributed by atoms with E-state index in [2.05, 4.69) is 28.8 Å². The van der Waals surface area contributed by atoms with Gasteiger partial charge in [0.2, 0.25) is 0 Å². The maximum Gasteiger partial charge on any atom is 0.0928 e. The highest BCUT2D eigenvalue weighted by Gasteiger charge is 2.08. The van der Waals surface area contributed by atoms with Crippen LogP contribution in [-0.2, 0) is 13.0 Å². The third-order valence-corrected chi connectivity index (χ3v) is 4.09. The average molecular weight is 278 g/mol. The van der Waals surface area contributed by atoms with E-state index >= 15 is 0 Å². The van der Waals surface area contributed by atoms with Crippen LogP contribution in [0.3, 0.4) is 0 Å². The van der Waals surface area contributed by atoms with Gasteiger partial charge in [-0.25, -0.2) is 4.98 Å². The van der Waals surface area contributed by atoms with Gasteiger partial charge in [0.25, 0.3) is 0 Å². The topological polar surface area (TPSA) is 38.0 Å². The summed E-state index contributed by atoms with van der Waals surface area (Å²) in [5.41, 5.74) is 2.12. The van der Waals surface area contributed by atoms with Gasteiger partial charge in [0, 0.05) is 17.8 Å². The van der Waals surface area contributed by atoms with Crippen molar-refractivity contribution in [2.24, 2.45) is 0 Å². The first kappa shape index (κ1) is 14.3. The van der Waals surface area contributed by atoms with Crippen molar-refractivity contribution in [2.75, 3.05) is 0 Å². The molecule has 2 rings (SSSR count). The van der Waals surface area contributed by atoms with Gasteiger partial charge in [-0.15, -0.1) is 11.3 Å². The Labute approximate surface area is 118 Å². The van der Waals surface area contributed by atoms with Gasteiger partial charge in [-0.2, -0.15) is 0 Å². The molecular formula is C15H22N2OS. The molecule has 0 amide bonds. The number of hydrogen-bond donors (Lipinski definition) is 1. The Morgan fingerprint density at radius 2 is 2.21 bits per heavy atom. The molecule has 1 atom stereocenters. The molecule has 0 bridgehead atoms. The van der Waals surface area contributed by atoms with E-state index in [-0.39, 0.29) is 6.10 Å². The minimum Gasteiger partial charge on any atom is -0.388 e. The summed E-state index contributed by atoms with van der Waals surface area (Å²) in [6.07, 6.45) is 7.74. The Morgan fingerprint density at radius 1 is 1.37 bits per heavy atom. The number of hydrogen-bond acceptors (Lipinski definition) is 3. The SMILES string of the molecule is CCCc1nc(Cn2ccc(C(O)CCC)c2)cs1. The van der Waals surface area contributed by atoms with E-state index in [1.165, 1.54) is 5.01 Å². The normalized spacial score (nSPS) is 12.8. The predicted molar refractivity (Wildman–Crippen MR) is 79.5 cm³/mol. The Hall–Kier alpha value is -1.13. The zero-order chi connectivity index (χ0) is 13.7. The lowest BCUT2D eigenvalue weighted by atomic mass is 10.1. The van der Waals surface area contributed by atoms with Crippen LogP contribution in [0.4, 0.5) is 0 Å². The van der Waals surface area contributed by atoms with Crippen molar-refractivity contribution in [1.29, 1.82) is 0 Å². The van der Waals surface area contributed by atoms with Crippen LogP contribution >= 0.6 is 11.3 Å². The first-order valence-corrected chi connectivity index (χ1v) is 7.88. The number of nitrogens with zero attached hydrogens (tertiary/aromatic N) is 2. The second-order valence-electron chi connectivity index (χ2n) is 4.90. The Bertz CT molecular complexity index is 504. The predicted octanol–water partition coefficient (Wildman–Crippen LogP) is 3.78. The zero-order valence-electron chi connectivity index (χ0n) is 11.7. The summed E-state index contributed by atoms with van der Waals surface area (Å²) in [5, 5.41) is 13.3. The van der Waals surface area contributed by atoms with Gasteiger partial charge in [0.15, 0.2) is 0 Å². The maximum atomic E-state index is 9.95. The lowest BCUT2D eigenvalue weighted by Gasteiger charge is -2.06. The minimum absolute atomic E-state index is 0.336. The van der Waals surface area contributed by atoms with Crippen molar-refractivity contribution in [3.05, 3.63) is 40.1 Å². The molecule has 1 N–H and O–H groups in total. The molecule has 0 aliphatic heterocycles. The van der Waals surface area contributed by atoms with Crippen LogP contribution in [0.15, 0.2) is 23.8 Å². The second kappa shape index (κ2) is 6.87. The molecule has 0 aromatic carbocycles. The fourth-order valence-corrected chi connectivity index (χ4v) is 3.02. The van der Waals surface area contributed by atoms with Gasteiger partial charge in [0.05, 0.1) is 23.4 Å². The molecule has 0 spiro atoms. The van der Waals surface area contributed by atoms with Gasteiger partial charge in [0.1, 0.15) is 0 Å². The van der Waals surface area contributed by atoms with Crippen molar-refractivity contribution in [1.82, 2.24) is 9.55 Å². The van der Waals surface area contributed by atoms with Crippen LogP contribution in [0.1, 0.15) is 55.5 Å². The van der Waals surface area contributed by atoms with Gasteiger partial charge in [-0.05, 0) is 30.9 Å². The van der Waals surface area contributed by atoms with E-state index < -0.39 is 0 Å². The number of aryl methyl sites for hydroxylation is 1. The van der Waals surface area contributed by atoms with Crippen molar-refractivity contribution in [3.8, 4) is 0 Å². The van der Waals surface area contributed by atoms with E-state index in [0.717, 1.165) is 43.5 Å². The molecule has 0 radical (unpaired) electrons. The molecule has 0 aliphatic carbocycles. The molecular weight excluding hydrogens is 256 g/mol. The maximum absolute atomic E-state index is 9.95. The standard InChI is InChI=1S/C15H22N2OS/c1-3-5-14(18)12-7-8-17(9-12)10-13-11-19-15(16-13)6-4-2/h7-9,11,14,18H,3-6,10H2,1-2H3. The third kappa shape index (κ3) is 3.91. The summed E-state index contributed by atoms with van der Waals surface area (Å²) >= 11 is 1.74. The quantitative estimate of drug-likeness (QED) is 0.837. The van der Waals surface area contributed by atoms with Gasteiger partial charge in [-0.3, -0.25) is 0 Å². The van der Waals surface area contributed by atoms with E-state index in [4.69, 9.17) is 0 Å². The van der Waals surface area contributed by atoms with Crippen molar-refractivity contribution >= 4 is 11.3 Å². The largest absolute Gasteiger partial charge is 0.388 e. The van der Waals surface area contributed by atoms with Gasteiger partial charge in [-0.1, -0.05) is 20.3 Å². The Kier molecular flexibility index (Phi) is 5.16. The summed E-state index contributed by atoms with van der Waals surface area (Å²) in [6.45, 7) is 5.05. The molecule has 0 saturated heterocycles. The number of rotatable bonds is 7. The highest BCUT2D eigenvalue weighted by Crippen LogP contribution is 2.19. The first-order valence-electron chi connectivity index (χ1n) is 7.00. The summed E-state index contributed by atoms with van der Waals surface area (Å²) in [7, 11) is 0. The summed E-state index contributed by atoms with van der Waals surface area (Å²) in [6, 6.07) is 2.00. The monoisotopic (exact) mass is 278 g/mol. The molecule has 19 heavy (non-hydrogen) atoms. The highest BCUT2D eigenvalue weighted by molar-refractivity contribution is 7.09. The summed E-state index contributed by atoms with van der Waals surface area (Å²) < 4.78 is 2.10. The first-order chi connectivity index (χ1) is 9.22. The van der Waals surface area contributed by atoms with E-state index in [1.807, 2.05) is 18.5 Å². The fourth-order valence-electron chi connectivity index (χ4n) is 2.13. The lowest BCUT2D eigenvalue weighted by Crippen LogP contribution is -1.99. The molecule has 1 unspecified atom stereocenters. The van der Waals surface area contributed by atoms with Crippen LogP contribution in [-0.4, -0.2) is 14.7 Å². The van der Waals surface area contributed by atoms with Gasteiger partial charge >= 0.3 is 0 Å². The van der Waals surface area contributed by atoms with E-state index in [1.54, 1.807) is 11.3 Å². The van der Waals surface area contributed by atoms with Crippen molar-refractivity contribution in [3.63, 3.8) is 0 Å². The Morgan fingerprint density at radius 3 is 2.95 bits per heavy atom. The highest BCUT2D eigenvalue weighted by atomic mass is 32.1. The molecule has 0 fully saturated rings. The Balaban J connectivity index is 1.98. The average Bonchev–Trinajstić information content (AvgIpc) is 3.00. The smallest absolute Gasteiger partial charge is 0.0928 e. The number of aliphatic hydroxyl groups is 1. The van der Waals surface area contributed by atoms with Gasteiger partial charge < -0.3 is 9.67 Å². The van der Waals surface area contributed by atoms with E-state index in [0.29, 0.717) is 0 Å². The summed E-state index contributed by atoms with van der Waals surface area (Å²) in [5.74, 6) is 0. The van der Waals surface area contributed by atoms with Crippen LogP contribution in [0, 0.1) is 0 Å². The second-order valence-corrected chi connectivity index (χ2v) is 5.85. The molecule has 4 heteroatoms. The van der Waals surface area contributed by atoms with Crippen LogP contribution in [0.5, 0.6) is 0 Å². The minimum atomic E-state index is -0.336. The molecule has 0 aliphatic rings. The number of aromatic nitrogens is 2. The van der Waals surface area contributed by atoms with Crippen LogP contribution in [0.2, 0.25) is 0 Å². The molecule has 2 aromatic rings. The fraction of sp³-hybridized carbons (Fsp3) is 0.533. The van der Waals surface area contributed by atoms with Crippen molar-refractivity contribution in [2.45, 2.75) is 52.2 Å². The summed E-state index contributed by atoms with van der Waals surface area (Å²) in [4.78, 5) is 4.62. The third-order valence-electron chi connectivity index (χ3n) is 3.13. The molecule has 2 aromatic heterocycles. The number of aliphatic hydroxyl groups excluding tert-OH is 1.